The molecule has 1 aromatic carbocycles. The lowest BCUT2D eigenvalue weighted by Crippen LogP contribution is -2.27. The van der Waals surface area contributed by atoms with Gasteiger partial charge in [0, 0.05) is 0 Å². The van der Waals surface area contributed by atoms with E-state index >= 15 is 0 Å². The zero-order valence-corrected chi connectivity index (χ0v) is 9.14. The van der Waals surface area contributed by atoms with Crippen LogP contribution in [0.15, 0.2) is 12.1 Å². The van der Waals surface area contributed by atoms with E-state index in [1.165, 1.54) is 20.1 Å². The molecule has 5 heteroatoms. The highest BCUT2D eigenvalue weighted by atomic mass is 35.5. The van der Waals surface area contributed by atoms with Crippen LogP contribution in [0.3, 0.4) is 0 Å². The van der Waals surface area contributed by atoms with Crippen molar-refractivity contribution in [2.24, 2.45) is 5.73 Å². The number of carbonyl (C=O) groups excluding carboxylic acids is 1. The van der Waals surface area contributed by atoms with Crippen LogP contribution in [-0.4, -0.2) is 18.9 Å². The third-order valence-electron chi connectivity index (χ3n) is 1.92. The van der Waals surface area contributed by atoms with Crippen LogP contribution >= 0.6 is 11.6 Å². The molecule has 0 spiro atoms. The monoisotopic (exact) mass is 231 g/mol. The van der Waals surface area contributed by atoms with Gasteiger partial charge in [-0.15, -0.1) is 0 Å². The highest BCUT2D eigenvalue weighted by Gasteiger charge is 2.22. The summed E-state index contributed by atoms with van der Waals surface area (Å²) in [6.07, 6.45) is 0. The number of hydrogen-bond donors (Lipinski definition) is 1. The number of benzene rings is 1. The Labute approximate surface area is 92.0 Å². The molecule has 1 atom stereocenters. The van der Waals surface area contributed by atoms with E-state index in [1.807, 2.05) is 0 Å². The van der Waals surface area contributed by atoms with E-state index in [4.69, 9.17) is 22.1 Å². The van der Waals surface area contributed by atoms with Crippen LogP contribution < -0.4 is 10.5 Å². The molecule has 0 saturated carbocycles. The topological polar surface area (TPSA) is 52.3 Å². The van der Waals surface area contributed by atoms with E-state index in [2.05, 4.69) is 0 Å². The van der Waals surface area contributed by atoms with Crippen molar-refractivity contribution in [3.63, 3.8) is 0 Å². The molecule has 0 aliphatic rings. The van der Waals surface area contributed by atoms with Gasteiger partial charge in [-0.05, 0) is 19.1 Å². The van der Waals surface area contributed by atoms with Gasteiger partial charge >= 0.3 is 0 Å². The van der Waals surface area contributed by atoms with Crippen molar-refractivity contribution in [3.05, 3.63) is 28.5 Å². The quantitative estimate of drug-likeness (QED) is 0.810. The molecule has 0 fully saturated rings. The Kier molecular flexibility index (Phi) is 3.66. The number of carbonyl (C=O) groups is 1. The maximum absolute atomic E-state index is 13.3. The van der Waals surface area contributed by atoms with Crippen molar-refractivity contribution in [2.75, 3.05) is 7.11 Å². The Morgan fingerprint density at radius 1 is 1.60 bits per heavy atom. The second kappa shape index (κ2) is 4.59. The summed E-state index contributed by atoms with van der Waals surface area (Å²) in [6.45, 7) is 1.50. The number of halogens is 2. The maximum atomic E-state index is 13.3. The Morgan fingerprint density at radius 2 is 2.20 bits per heavy atom. The van der Waals surface area contributed by atoms with Crippen LogP contribution in [0.2, 0.25) is 5.02 Å². The lowest BCUT2D eigenvalue weighted by Gasteiger charge is -2.11. The number of Topliss-reactive ketones (excluding diaryl/α,β-unsaturated/α-hetero) is 1. The Hall–Kier alpha value is -1.13. The predicted molar refractivity (Wildman–Crippen MR) is 55.9 cm³/mol. The molecule has 1 unspecified atom stereocenters. The first kappa shape index (κ1) is 11.9. The molecule has 82 valence electrons. The van der Waals surface area contributed by atoms with Crippen LogP contribution in [0.5, 0.6) is 5.75 Å². The van der Waals surface area contributed by atoms with Gasteiger partial charge in [0.1, 0.15) is 0 Å². The van der Waals surface area contributed by atoms with Gasteiger partial charge in [-0.3, -0.25) is 4.79 Å². The van der Waals surface area contributed by atoms with Crippen molar-refractivity contribution in [1.29, 1.82) is 0 Å². The summed E-state index contributed by atoms with van der Waals surface area (Å²) in [4.78, 5) is 11.6. The number of nitrogens with two attached hydrogens (primary N) is 1. The van der Waals surface area contributed by atoms with Gasteiger partial charge in [0.25, 0.3) is 0 Å². The van der Waals surface area contributed by atoms with Crippen LogP contribution in [0.4, 0.5) is 4.39 Å². The van der Waals surface area contributed by atoms with E-state index in [1.54, 1.807) is 0 Å². The van der Waals surface area contributed by atoms with E-state index in [-0.39, 0.29) is 16.3 Å². The zero-order chi connectivity index (χ0) is 11.6. The smallest absolute Gasteiger partial charge is 0.184 e. The molecule has 1 aromatic rings. The lowest BCUT2D eigenvalue weighted by molar-refractivity contribution is 0.0964. The van der Waals surface area contributed by atoms with Crippen LogP contribution in [0.1, 0.15) is 17.3 Å². The molecular weight excluding hydrogens is 221 g/mol. The summed E-state index contributed by atoms with van der Waals surface area (Å²) in [5.41, 5.74) is 5.42. The normalized spacial score (nSPS) is 12.3. The average molecular weight is 232 g/mol. The number of rotatable bonds is 3. The van der Waals surface area contributed by atoms with Gasteiger partial charge in [-0.2, -0.15) is 0 Å². The molecule has 3 nitrogen and oxygen atoms in total. The van der Waals surface area contributed by atoms with Gasteiger partial charge in [0.15, 0.2) is 17.3 Å². The SMILES string of the molecule is COc1c(F)ccc(Cl)c1C(=O)C(C)N. The maximum Gasteiger partial charge on any atom is 0.184 e. The van der Waals surface area contributed by atoms with Gasteiger partial charge in [-0.1, -0.05) is 11.6 Å². The minimum atomic E-state index is -0.752. The summed E-state index contributed by atoms with van der Waals surface area (Å²) in [6, 6.07) is 1.69. The summed E-state index contributed by atoms with van der Waals surface area (Å²) in [5.74, 6) is -1.24. The van der Waals surface area contributed by atoms with Crippen LogP contribution in [-0.2, 0) is 0 Å². The fourth-order valence-electron chi connectivity index (χ4n) is 1.19. The summed E-state index contributed by atoms with van der Waals surface area (Å²) >= 11 is 5.80. The second-order valence-electron chi connectivity index (χ2n) is 3.09. The number of ether oxygens (including phenoxy) is 1. The summed E-state index contributed by atoms with van der Waals surface area (Å²) < 4.78 is 18.1. The summed E-state index contributed by atoms with van der Waals surface area (Å²) in [5, 5.41) is 0.135. The van der Waals surface area contributed by atoms with E-state index in [9.17, 15) is 9.18 Å². The van der Waals surface area contributed by atoms with Gasteiger partial charge in [-0.25, -0.2) is 4.39 Å². The number of ketones is 1. The minimum absolute atomic E-state index is 0.00540. The lowest BCUT2D eigenvalue weighted by atomic mass is 10.0. The third kappa shape index (κ3) is 2.27. The molecule has 0 aliphatic heterocycles. The van der Waals surface area contributed by atoms with E-state index < -0.39 is 17.6 Å². The fraction of sp³-hybridized carbons (Fsp3) is 0.300. The van der Waals surface area contributed by atoms with Crippen molar-refractivity contribution >= 4 is 17.4 Å². The van der Waals surface area contributed by atoms with Crippen molar-refractivity contribution in [1.82, 2.24) is 0 Å². The largest absolute Gasteiger partial charge is 0.493 e. The highest BCUT2D eigenvalue weighted by Crippen LogP contribution is 2.30. The molecule has 0 bridgehead atoms. The molecule has 0 aliphatic carbocycles. The Balaban J connectivity index is 3.37. The molecule has 1 rings (SSSR count). The van der Waals surface area contributed by atoms with Crippen molar-refractivity contribution in [2.45, 2.75) is 13.0 Å². The third-order valence-corrected chi connectivity index (χ3v) is 2.24. The van der Waals surface area contributed by atoms with Crippen LogP contribution in [0, 0.1) is 5.82 Å². The molecule has 0 heterocycles. The van der Waals surface area contributed by atoms with Crippen molar-refractivity contribution < 1.29 is 13.9 Å². The van der Waals surface area contributed by atoms with Crippen molar-refractivity contribution in [3.8, 4) is 5.75 Å². The van der Waals surface area contributed by atoms with E-state index in [0.717, 1.165) is 6.07 Å². The van der Waals surface area contributed by atoms with Gasteiger partial charge in [0.05, 0.1) is 23.7 Å². The predicted octanol–water partition coefficient (Wildman–Crippen LogP) is 2.02. The first-order valence-corrected chi connectivity index (χ1v) is 4.68. The molecule has 0 aromatic heterocycles. The Bertz CT molecular complexity index is 393. The summed E-state index contributed by atoms with van der Waals surface area (Å²) in [7, 11) is 1.27. The van der Waals surface area contributed by atoms with Gasteiger partial charge < -0.3 is 10.5 Å². The first-order chi connectivity index (χ1) is 6.99. The standard InChI is InChI=1S/C10H11ClFNO2/c1-5(13)9(14)8-6(11)3-4-7(12)10(8)15-2/h3-5H,13H2,1-2H3. The number of methoxy groups -OCH3 is 1. The second-order valence-corrected chi connectivity index (χ2v) is 3.50. The average Bonchev–Trinajstić information content (AvgIpc) is 2.19. The molecule has 2 N–H and O–H groups in total. The molecule has 0 saturated heterocycles. The minimum Gasteiger partial charge on any atom is -0.493 e. The number of hydrogen-bond acceptors (Lipinski definition) is 3. The molecule has 0 amide bonds. The molecule has 15 heavy (non-hydrogen) atoms. The first-order valence-electron chi connectivity index (χ1n) is 4.30. The van der Waals surface area contributed by atoms with Gasteiger partial charge in [0.2, 0.25) is 0 Å². The van der Waals surface area contributed by atoms with Crippen LogP contribution in [0.25, 0.3) is 0 Å². The fourth-order valence-corrected chi connectivity index (χ4v) is 1.43. The van der Waals surface area contributed by atoms with E-state index in [0.29, 0.717) is 0 Å². The Morgan fingerprint density at radius 3 is 2.67 bits per heavy atom. The molecule has 0 radical (unpaired) electrons. The zero-order valence-electron chi connectivity index (χ0n) is 8.38. The molecular formula is C10H11ClFNO2. The highest BCUT2D eigenvalue weighted by molar-refractivity contribution is 6.34.